The molecule has 0 amide bonds. The molecule has 1 N–H and O–H groups in total. The summed E-state index contributed by atoms with van der Waals surface area (Å²) in [4.78, 5) is 0. The molecule has 0 spiro atoms. The molecular weight excluding hydrogens is 232 g/mol. The van der Waals surface area contributed by atoms with Gasteiger partial charge in [-0.05, 0) is 28.1 Å². The standard InChI is InChI=1S/C8H5BrN4/c9-5-1-2-7-6-3-10-11-8(6)12-13(7)4-5/h1-4H,(H,11,12). The van der Waals surface area contributed by atoms with Crippen LogP contribution in [-0.4, -0.2) is 19.8 Å². The van der Waals surface area contributed by atoms with Gasteiger partial charge in [-0.2, -0.15) is 5.10 Å². The number of nitrogens with one attached hydrogen (secondary N) is 1. The fourth-order valence-corrected chi connectivity index (χ4v) is 1.74. The predicted octanol–water partition coefficient (Wildman–Crippen LogP) is 1.97. The third-order valence-electron chi connectivity index (χ3n) is 2.00. The van der Waals surface area contributed by atoms with Crippen molar-refractivity contribution < 1.29 is 0 Å². The molecule has 0 aromatic carbocycles. The Morgan fingerprint density at radius 2 is 2.31 bits per heavy atom. The van der Waals surface area contributed by atoms with Crippen molar-refractivity contribution in [2.45, 2.75) is 0 Å². The maximum absolute atomic E-state index is 4.30. The molecule has 13 heavy (non-hydrogen) atoms. The summed E-state index contributed by atoms with van der Waals surface area (Å²) in [5.41, 5.74) is 1.88. The van der Waals surface area contributed by atoms with Crippen molar-refractivity contribution >= 4 is 32.5 Å². The summed E-state index contributed by atoms with van der Waals surface area (Å²) in [7, 11) is 0. The lowest BCUT2D eigenvalue weighted by Crippen LogP contribution is -1.85. The third kappa shape index (κ3) is 0.904. The number of halogens is 1. The lowest BCUT2D eigenvalue weighted by atomic mass is 10.3. The number of nitrogens with zero attached hydrogens (tertiary/aromatic N) is 3. The quantitative estimate of drug-likeness (QED) is 0.649. The summed E-state index contributed by atoms with van der Waals surface area (Å²) in [6.07, 6.45) is 3.70. The molecule has 0 atom stereocenters. The molecule has 0 saturated heterocycles. The number of pyridine rings is 1. The van der Waals surface area contributed by atoms with E-state index in [1.165, 1.54) is 0 Å². The van der Waals surface area contributed by atoms with Crippen molar-refractivity contribution in [1.82, 2.24) is 19.8 Å². The van der Waals surface area contributed by atoms with Gasteiger partial charge < -0.3 is 0 Å². The van der Waals surface area contributed by atoms with Gasteiger partial charge in [-0.1, -0.05) is 0 Å². The van der Waals surface area contributed by atoms with Crippen molar-refractivity contribution in [3.8, 4) is 0 Å². The van der Waals surface area contributed by atoms with E-state index in [-0.39, 0.29) is 0 Å². The first-order valence-corrected chi connectivity index (χ1v) is 4.61. The second-order valence-corrected chi connectivity index (χ2v) is 3.73. The summed E-state index contributed by atoms with van der Waals surface area (Å²) in [5, 5.41) is 12.1. The van der Waals surface area contributed by atoms with E-state index < -0.39 is 0 Å². The molecule has 3 aromatic rings. The zero-order valence-electron chi connectivity index (χ0n) is 6.53. The molecule has 3 rings (SSSR count). The summed E-state index contributed by atoms with van der Waals surface area (Å²) in [5.74, 6) is 0. The highest BCUT2D eigenvalue weighted by molar-refractivity contribution is 9.10. The van der Waals surface area contributed by atoms with Gasteiger partial charge in [0.15, 0.2) is 5.65 Å². The van der Waals surface area contributed by atoms with E-state index in [2.05, 4.69) is 31.2 Å². The predicted molar refractivity (Wildman–Crippen MR) is 52.5 cm³/mol. The minimum Gasteiger partial charge on any atom is -0.259 e. The molecular formula is C8H5BrN4. The molecule has 4 nitrogen and oxygen atoms in total. The Morgan fingerprint density at radius 1 is 1.38 bits per heavy atom. The Labute approximate surface area is 81.7 Å². The van der Waals surface area contributed by atoms with Crippen LogP contribution in [0.3, 0.4) is 0 Å². The van der Waals surface area contributed by atoms with Gasteiger partial charge in [0.1, 0.15) is 0 Å². The van der Waals surface area contributed by atoms with Crippen molar-refractivity contribution in [3.63, 3.8) is 0 Å². The first-order chi connectivity index (χ1) is 6.34. The monoisotopic (exact) mass is 236 g/mol. The molecule has 0 aliphatic heterocycles. The van der Waals surface area contributed by atoms with Crippen LogP contribution >= 0.6 is 15.9 Å². The van der Waals surface area contributed by atoms with Gasteiger partial charge in [-0.15, -0.1) is 5.10 Å². The first kappa shape index (κ1) is 7.08. The van der Waals surface area contributed by atoms with Crippen LogP contribution in [-0.2, 0) is 0 Å². The van der Waals surface area contributed by atoms with Gasteiger partial charge >= 0.3 is 0 Å². The van der Waals surface area contributed by atoms with E-state index >= 15 is 0 Å². The molecule has 3 aromatic heterocycles. The average Bonchev–Trinajstić information content (AvgIpc) is 2.62. The van der Waals surface area contributed by atoms with Gasteiger partial charge in [-0.3, -0.25) is 5.10 Å². The van der Waals surface area contributed by atoms with Gasteiger partial charge in [0.05, 0.1) is 17.1 Å². The molecule has 0 aliphatic rings. The van der Waals surface area contributed by atoms with Crippen LogP contribution in [0.15, 0.2) is 29.0 Å². The van der Waals surface area contributed by atoms with Crippen LogP contribution in [0.1, 0.15) is 0 Å². The normalized spacial score (nSPS) is 11.5. The topological polar surface area (TPSA) is 46.0 Å². The maximum atomic E-state index is 4.30. The minimum atomic E-state index is 0.818. The van der Waals surface area contributed by atoms with Crippen LogP contribution < -0.4 is 0 Å². The lowest BCUT2D eigenvalue weighted by Gasteiger charge is -1.92. The maximum Gasteiger partial charge on any atom is 0.178 e. The second kappa shape index (κ2) is 2.32. The van der Waals surface area contributed by atoms with Gasteiger partial charge in [0.2, 0.25) is 0 Å². The number of hydrogen-bond donors (Lipinski definition) is 1. The summed E-state index contributed by atoms with van der Waals surface area (Å²) in [6.45, 7) is 0. The fourth-order valence-electron chi connectivity index (χ4n) is 1.41. The van der Waals surface area contributed by atoms with E-state index in [0.717, 1.165) is 21.0 Å². The second-order valence-electron chi connectivity index (χ2n) is 2.81. The molecule has 0 radical (unpaired) electrons. The highest BCUT2D eigenvalue weighted by Gasteiger charge is 2.05. The van der Waals surface area contributed by atoms with Crippen molar-refractivity contribution in [1.29, 1.82) is 0 Å². The Balaban J connectivity index is 2.59. The van der Waals surface area contributed by atoms with E-state index in [4.69, 9.17) is 0 Å². The summed E-state index contributed by atoms with van der Waals surface area (Å²) >= 11 is 3.39. The molecule has 0 saturated carbocycles. The fraction of sp³-hybridized carbons (Fsp3) is 0. The first-order valence-electron chi connectivity index (χ1n) is 3.81. The molecule has 5 heteroatoms. The van der Waals surface area contributed by atoms with E-state index in [1.807, 2.05) is 22.8 Å². The zero-order valence-corrected chi connectivity index (χ0v) is 8.12. The van der Waals surface area contributed by atoms with Gasteiger partial charge in [-0.25, -0.2) is 4.52 Å². The van der Waals surface area contributed by atoms with Crippen molar-refractivity contribution in [2.75, 3.05) is 0 Å². The summed E-state index contributed by atoms with van der Waals surface area (Å²) in [6, 6.07) is 4.00. The smallest absolute Gasteiger partial charge is 0.178 e. The van der Waals surface area contributed by atoms with Crippen molar-refractivity contribution in [2.24, 2.45) is 0 Å². The SMILES string of the molecule is Brc1ccc2c3cn[nH]c3nn2c1. The van der Waals surface area contributed by atoms with Crippen LogP contribution in [0.25, 0.3) is 16.6 Å². The molecule has 0 aliphatic carbocycles. The Bertz CT molecular complexity index is 580. The molecule has 0 unspecified atom stereocenters. The Hall–Kier alpha value is -1.36. The zero-order chi connectivity index (χ0) is 8.84. The van der Waals surface area contributed by atoms with Gasteiger partial charge in [0.25, 0.3) is 0 Å². The number of fused-ring (bicyclic) bond motifs is 3. The van der Waals surface area contributed by atoms with Crippen LogP contribution in [0.5, 0.6) is 0 Å². The molecule has 0 bridgehead atoms. The lowest BCUT2D eigenvalue weighted by molar-refractivity contribution is 0.948. The highest BCUT2D eigenvalue weighted by atomic mass is 79.9. The summed E-state index contributed by atoms with van der Waals surface area (Å²) < 4.78 is 2.84. The number of hydrogen-bond acceptors (Lipinski definition) is 2. The number of H-pyrrole nitrogens is 1. The molecule has 64 valence electrons. The average molecular weight is 237 g/mol. The van der Waals surface area contributed by atoms with Crippen molar-refractivity contribution in [3.05, 3.63) is 29.0 Å². The van der Waals surface area contributed by atoms with E-state index in [1.54, 1.807) is 6.20 Å². The third-order valence-corrected chi connectivity index (χ3v) is 2.46. The molecule has 0 fully saturated rings. The largest absolute Gasteiger partial charge is 0.259 e. The highest BCUT2D eigenvalue weighted by Crippen LogP contribution is 2.19. The van der Waals surface area contributed by atoms with Crippen LogP contribution in [0.2, 0.25) is 0 Å². The van der Waals surface area contributed by atoms with Crippen LogP contribution in [0, 0.1) is 0 Å². The number of aromatic nitrogens is 4. The Morgan fingerprint density at radius 3 is 3.23 bits per heavy atom. The minimum absolute atomic E-state index is 0.818. The van der Waals surface area contributed by atoms with E-state index in [0.29, 0.717) is 0 Å². The van der Waals surface area contributed by atoms with E-state index in [9.17, 15) is 0 Å². The van der Waals surface area contributed by atoms with Crippen LogP contribution in [0.4, 0.5) is 0 Å². The van der Waals surface area contributed by atoms with Gasteiger partial charge in [0, 0.05) is 10.7 Å². The number of rotatable bonds is 0. The molecule has 3 heterocycles. The number of aromatic amines is 1. The Kier molecular flexibility index (Phi) is 1.26.